The van der Waals surface area contributed by atoms with Crippen LogP contribution in [0.15, 0.2) is 53.0 Å². The van der Waals surface area contributed by atoms with Crippen molar-refractivity contribution < 1.29 is 38.3 Å². The van der Waals surface area contributed by atoms with Crippen molar-refractivity contribution in [2.75, 3.05) is 19.5 Å². The fourth-order valence-electron chi connectivity index (χ4n) is 3.99. The molecule has 0 saturated carbocycles. The molecule has 200 valence electrons. The number of carbonyl (C=O) groups excluding carboxylic acids is 4. The van der Waals surface area contributed by atoms with Crippen molar-refractivity contribution in [2.24, 2.45) is 0 Å². The van der Waals surface area contributed by atoms with Gasteiger partial charge >= 0.3 is 11.9 Å². The number of amides is 2. The van der Waals surface area contributed by atoms with Crippen LogP contribution in [0.25, 0.3) is 0 Å². The van der Waals surface area contributed by atoms with Crippen LogP contribution in [0.2, 0.25) is 0 Å². The third kappa shape index (κ3) is 5.42. The Morgan fingerprint density at radius 1 is 1.18 bits per heavy atom. The van der Waals surface area contributed by atoms with Crippen molar-refractivity contribution in [2.45, 2.75) is 31.1 Å². The summed E-state index contributed by atoms with van der Waals surface area (Å²) in [5.74, 6) is -2.29. The number of fused-ring (bicyclic) bond motifs is 1. The Kier molecular flexibility index (Phi) is 8.14. The molecule has 1 aromatic heterocycles. The summed E-state index contributed by atoms with van der Waals surface area (Å²) in [4.78, 5) is 63.1. The quantitative estimate of drug-likeness (QED) is 0.150. The Hall–Kier alpha value is -3.75. The number of rotatable bonds is 10. The van der Waals surface area contributed by atoms with E-state index in [2.05, 4.69) is 5.32 Å². The number of thiophene rings is 1. The minimum atomic E-state index is -1.68. The third-order valence-corrected chi connectivity index (χ3v) is 8.08. The minimum Gasteiger partial charge on any atom is -0.461 e. The Morgan fingerprint density at radius 2 is 1.92 bits per heavy atom. The molecule has 0 bridgehead atoms. The summed E-state index contributed by atoms with van der Waals surface area (Å²) in [5.41, 5.74) is -1.03. The lowest BCUT2D eigenvalue weighted by Crippen LogP contribution is -2.80. The predicted octanol–water partition coefficient (Wildman–Crippen LogP) is 2.13. The lowest BCUT2D eigenvalue weighted by molar-refractivity contribution is -0.384. The number of esters is 2. The lowest BCUT2D eigenvalue weighted by atomic mass is 9.98. The standard InChI is InChI=1S/C24H23N3O9S2/c1-14(28)35-12-16-13-38-23-24(34-2,25-19(29)10-18-4-3-9-37-18)22(31)26(23)20(16)21(30)36-11-15-5-7-17(8-6-15)27(32)33/h3-9,23H,10-13H2,1-2H3,(H,25,29)/t23-,24+/m1/s1. The van der Waals surface area contributed by atoms with E-state index in [1.807, 2.05) is 11.4 Å². The van der Waals surface area contributed by atoms with Crippen molar-refractivity contribution in [3.63, 3.8) is 0 Å². The van der Waals surface area contributed by atoms with Crippen molar-refractivity contribution >= 4 is 52.5 Å². The number of non-ortho nitro benzene ring substituents is 1. The molecule has 1 saturated heterocycles. The topological polar surface area (TPSA) is 154 Å². The van der Waals surface area contributed by atoms with E-state index in [-0.39, 0.29) is 36.8 Å². The lowest BCUT2D eigenvalue weighted by Gasteiger charge is -2.55. The molecule has 2 aliphatic heterocycles. The van der Waals surface area contributed by atoms with Gasteiger partial charge in [0.05, 0.1) is 11.3 Å². The fourth-order valence-corrected chi connectivity index (χ4v) is 6.11. The first-order chi connectivity index (χ1) is 18.2. The molecular formula is C24H23N3O9S2. The monoisotopic (exact) mass is 561 g/mol. The number of hydrogen-bond donors (Lipinski definition) is 1. The average molecular weight is 562 g/mol. The molecule has 1 aromatic carbocycles. The summed E-state index contributed by atoms with van der Waals surface area (Å²) in [6.45, 7) is 0.777. The van der Waals surface area contributed by atoms with Gasteiger partial charge in [-0.05, 0) is 29.1 Å². The highest BCUT2D eigenvalue weighted by Gasteiger charge is 2.66. The zero-order chi connectivity index (χ0) is 27.4. The van der Waals surface area contributed by atoms with Crippen LogP contribution in [-0.2, 0) is 46.4 Å². The van der Waals surface area contributed by atoms with Crippen LogP contribution < -0.4 is 5.32 Å². The van der Waals surface area contributed by atoms with Crippen LogP contribution in [0, 0.1) is 10.1 Å². The van der Waals surface area contributed by atoms with Crippen LogP contribution in [0.4, 0.5) is 5.69 Å². The minimum absolute atomic E-state index is 0.0606. The largest absolute Gasteiger partial charge is 0.461 e. The van der Waals surface area contributed by atoms with Gasteiger partial charge in [-0.1, -0.05) is 6.07 Å². The summed E-state index contributed by atoms with van der Waals surface area (Å²) in [6.07, 6.45) is 0.0606. The summed E-state index contributed by atoms with van der Waals surface area (Å²) in [7, 11) is 1.30. The van der Waals surface area contributed by atoms with Crippen LogP contribution in [0.3, 0.4) is 0 Å². The smallest absolute Gasteiger partial charge is 0.355 e. The average Bonchev–Trinajstić information content (AvgIpc) is 3.41. The number of nitro groups is 1. The summed E-state index contributed by atoms with van der Waals surface area (Å²) in [6, 6.07) is 9.09. The second-order valence-electron chi connectivity index (χ2n) is 8.31. The van der Waals surface area contributed by atoms with Crippen molar-refractivity contribution in [3.8, 4) is 0 Å². The molecule has 0 unspecified atom stereocenters. The maximum atomic E-state index is 13.4. The molecule has 4 rings (SSSR count). The third-order valence-electron chi connectivity index (χ3n) is 5.83. The Bertz CT molecular complexity index is 1290. The van der Waals surface area contributed by atoms with Gasteiger partial charge in [0.25, 0.3) is 17.3 Å². The number of nitro benzene ring substituents is 1. The van der Waals surface area contributed by atoms with Crippen molar-refractivity contribution in [1.29, 1.82) is 0 Å². The molecule has 1 fully saturated rings. The highest BCUT2D eigenvalue weighted by Crippen LogP contribution is 2.47. The SMILES string of the molecule is CO[C@@]1(NC(=O)Cc2cccs2)C(=O)N2C(C(=O)OCc3ccc([N+](=O)[O-])cc3)=C(COC(C)=O)CS[C@@H]21. The van der Waals surface area contributed by atoms with Crippen LogP contribution in [-0.4, -0.2) is 64.1 Å². The van der Waals surface area contributed by atoms with Crippen LogP contribution in [0.5, 0.6) is 0 Å². The molecule has 1 N–H and O–H groups in total. The molecule has 2 amide bonds. The van der Waals surface area contributed by atoms with Gasteiger partial charge in [0.15, 0.2) is 0 Å². The van der Waals surface area contributed by atoms with Crippen molar-refractivity contribution in [3.05, 3.63) is 73.6 Å². The van der Waals surface area contributed by atoms with Crippen molar-refractivity contribution in [1.82, 2.24) is 10.2 Å². The van der Waals surface area contributed by atoms with E-state index >= 15 is 0 Å². The number of thioether (sulfide) groups is 1. The second kappa shape index (κ2) is 11.3. The summed E-state index contributed by atoms with van der Waals surface area (Å²) >= 11 is 2.65. The molecule has 38 heavy (non-hydrogen) atoms. The maximum absolute atomic E-state index is 13.4. The van der Waals surface area contributed by atoms with Gasteiger partial charge in [-0.3, -0.25) is 29.4 Å². The molecule has 3 heterocycles. The first kappa shape index (κ1) is 27.3. The van der Waals surface area contributed by atoms with E-state index in [9.17, 15) is 29.3 Å². The molecule has 14 heteroatoms. The van der Waals surface area contributed by atoms with E-state index < -0.39 is 39.8 Å². The van der Waals surface area contributed by atoms with E-state index in [1.54, 1.807) is 6.07 Å². The van der Waals surface area contributed by atoms with Gasteiger partial charge in [0.1, 0.15) is 24.3 Å². The van der Waals surface area contributed by atoms with Gasteiger partial charge in [-0.25, -0.2) is 4.79 Å². The van der Waals surface area contributed by atoms with Gasteiger partial charge in [0.2, 0.25) is 5.91 Å². The maximum Gasteiger partial charge on any atom is 0.355 e. The zero-order valence-corrected chi connectivity index (χ0v) is 22.0. The van der Waals surface area contributed by atoms with Crippen LogP contribution >= 0.6 is 23.1 Å². The fraction of sp³-hybridized carbons (Fsp3) is 0.333. The number of nitrogens with one attached hydrogen (secondary N) is 1. The van der Waals surface area contributed by atoms with E-state index in [4.69, 9.17) is 14.2 Å². The predicted molar refractivity (Wildman–Crippen MR) is 136 cm³/mol. The van der Waals surface area contributed by atoms with E-state index in [1.165, 1.54) is 66.3 Å². The number of β-lactam (4-membered cyclic amide) rings is 1. The second-order valence-corrected chi connectivity index (χ2v) is 10.4. The zero-order valence-electron chi connectivity index (χ0n) is 20.3. The van der Waals surface area contributed by atoms with Gasteiger partial charge in [-0.15, -0.1) is 23.1 Å². The molecule has 0 aliphatic carbocycles. The molecule has 2 aliphatic rings. The molecule has 0 radical (unpaired) electrons. The highest BCUT2D eigenvalue weighted by atomic mass is 32.2. The number of methoxy groups -OCH3 is 1. The van der Waals surface area contributed by atoms with Gasteiger partial charge in [-0.2, -0.15) is 0 Å². The number of benzene rings is 1. The molecular weight excluding hydrogens is 538 g/mol. The van der Waals surface area contributed by atoms with Crippen LogP contribution in [0.1, 0.15) is 17.4 Å². The number of hydrogen-bond acceptors (Lipinski definition) is 11. The van der Waals surface area contributed by atoms with Gasteiger partial charge in [0, 0.05) is 42.4 Å². The molecule has 2 aromatic rings. The highest BCUT2D eigenvalue weighted by molar-refractivity contribution is 8.00. The first-order valence-corrected chi connectivity index (χ1v) is 13.2. The number of carbonyl (C=O) groups is 4. The Balaban J connectivity index is 1.54. The summed E-state index contributed by atoms with van der Waals surface area (Å²) < 4.78 is 16.0. The molecule has 12 nitrogen and oxygen atoms in total. The normalized spacial score (nSPS) is 20.3. The number of ether oxygens (including phenoxy) is 3. The first-order valence-electron chi connectivity index (χ1n) is 11.3. The Morgan fingerprint density at radius 3 is 2.53 bits per heavy atom. The van der Waals surface area contributed by atoms with E-state index in [0.717, 1.165) is 4.88 Å². The number of nitrogens with zero attached hydrogens (tertiary/aromatic N) is 2. The molecule has 2 atom stereocenters. The van der Waals surface area contributed by atoms with E-state index in [0.29, 0.717) is 11.1 Å². The van der Waals surface area contributed by atoms with Gasteiger partial charge < -0.3 is 19.5 Å². The molecule has 0 spiro atoms. The summed E-state index contributed by atoms with van der Waals surface area (Å²) in [5, 5.41) is 14.6. The Labute approximate surface area is 225 Å².